The van der Waals surface area contributed by atoms with Crippen molar-refractivity contribution in [1.82, 2.24) is 0 Å². The summed E-state index contributed by atoms with van der Waals surface area (Å²) in [6.07, 6.45) is 0. The van der Waals surface area contributed by atoms with Crippen molar-refractivity contribution in [3.05, 3.63) is 56.5 Å². The van der Waals surface area contributed by atoms with Crippen LogP contribution in [0.1, 0.15) is 38.8 Å². The predicted molar refractivity (Wildman–Crippen MR) is 125 cm³/mol. The molecule has 0 radical (unpaired) electrons. The quantitative estimate of drug-likeness (QED) is 0.549. The molecular weight excluding hydrogens is 512 g/mol. The van der Waals surface area contributed by atoms with Gasteiger partial charge in [0.2, 0.25) is 11.8 Å². The molecule has 158 valence electrons. The Morgan fingerprint density at radius 1 is 0.933 bits per heavy atom. The summed E-state index contributed by atoms with van der Waals surface area (Å²) >= 11 is 6.84. The number of ether oxygens (including phenoxy) is 1. The first kappa shape index (κ1) is 21.5. The Labute approximate surface area is 193 Å². The summed E-state index contributed by atoms with van der Waals surface area (Å²) in [6.45, 7) is 9.13. The van der Waals surface area contributed by atoms with E-state index in [1.807, 2.05) is 69.0 Å². The van der Waals surface area contributed by atoms with Gasteiger partial charge >= 0.3 is 0 Å². The second-order valence-electron chi connectivity index (χ2n) is 8.92. The van der Waals surface area contributed by atoms with Gasteiger partial charge in [-0.2, -0.15) is 0 Å². The van der Waals surface area contributed by atoms with Crippen molar-refractivity contribution < 1.29 is 14.3 Å². The minimum absolute atomic E-state index is 0.0700. The van der Waals surface area contributed by atoms with Crippen molar-refractivity contribution in [3.63, 3.8) is 0 Å². The van der Waals surface area contributed by atoms with Crippen LogP contribution in [0.5, 0.6) is 0 Å². The normalized spacial score (nSPS) is 20.7. The Morgan fingerprint density at radius 3 is 2.13 bits per heavy atom. The van der Waals surface area contributed by atoms with Crippen molar-refractivity contribution in [2.75, 3.05) is 23.4 Å². The molecule has 0 unspecified atom stereocenters. The molecule has 0 spiro atoms. The van der Waals surface area contributed by atoms with E-state index in [0.29, 0.717) is 13.2 Å². The molecule has 1 N–H and O–H groups in total. The van der Waals surface area contributed by atoms with Gasteiger partial charge < -0.3 is 15.0 Å². The van der Waals surface area contributed by atoms with E-state index in [9.17, 15) is 9.59 Å². The number of anilines is 2. The Hall–Kier alpha value is -1.70. The average molecular weight is 536 g/mol. The summed E-state index contributed by atoms with van der Waals surface area (Å²) in [7, 11) is 0. The van der Waals surface area contributed by atoms with Crippen molar-refractivity contribution in [3.8, 4) is 0 Å². The van der Waals surface area contributed by atoms with E-state index in [1.165, 1.54) is 0 Å². The van der Waals surface area contributed by atoms with E-state index in [1.54, 1.807) is 0 Å². The first-order valence-electron chi connectivity index (χ1n) is 9.86. The second-order valence-corrected chi connectivity index (χ2v) is 10.8. The van der Waals surface area contributed by atoms with Crippen LogP contribution in [0.2, 0.25) is 0 Å². The zero-order chi connectivity index (χ0) is 21.8. The maximum atomic E-state index is 12.5. The summed E-state index contributed by atoms with van der Waals surface area (Å²) < 4.78 is 7.20. The van der Waals surface area contributed by atoms with Crippen LogP contribution in [0.3, 0.4) is 0 Å². The van der Waals surface area contributed by atoms with Crippen molar-refractivity contribution in [2.45, 2.75) is 44.6 Å². The standard InChI is InChI=1S/C13H14BrNO2.C10H10BrNO/c1-13(2)10-4-3-8(14)5-11(10)15(12(13)16)9-6-17-7-9;1-10(2)7-4-3-6(11)5-8(7)12-9(10)13/h3-5,9H,6-7H2,1-2H3;3-5H,1-2H3,(H,12,13). The Balaban J connectivity index is 0.000000151. The highest BCUT2D eigenvalue weighted by Gasteiger charge is 2.47. The van der Waals surface area contributed by atoms with Crippen LogP contribution < -0.4 is 10.2 Å². The van der Waals surface area contributed by atoms with Gasteiger partial charge in [0, 0.05) is 20.3 Å². The van der Waals surface area contributed by atoms with Crippen LogP contribution in [0.4, 0.5) is 11.4 Å². The molecule has 3 aliphatic rings. The van der Waals surface area contributed by atoms with Gasteiger partial charge in [-0.3, -0.25) is 9.59 Å². The van der Waals surface area contributed by atoms with Crippen LogP contribution in [0.25, 0.3) is 0 Å². The Bertz CT molecular complexity index is 1040. The number of fused-ring (bicyclic) bond motifs is 2. The molecule has 1 saturated heterocycles. The summed E-state index contributed by atoms with van der Waals surface area (Å²) in [5.74, 6) is 0.250. The highest BCUT2D eigenvalue weighted by atomic mass is 79.9. The smallest absolute Gasteiger partial charge is 0.237 e. The lowest BCUT2D eigenvalue weighted by molar-refractivity contribution is -0.124. The number of nitrogens with one attached hydrogen (secondary N) is 1. The van der Waals surface area contributed by atoms with Crippen LogP contribution in [0.15, 0.2) is 45.3 Å². The summed E-state index contributed by atoms with van der Waals surface area (Å²) in [5, 5.41) is 2.86. The molecule has 2 aromatic carbocycles. The molecule has 30 heavy (non-hydrogen) atoms. The molecule has 0 saturated carbocycles. The topological polar surface area (TPSA) is 58.6 Å². The monoisotopic (exact) mass is 534 g/mol. The summed E-state index contributed by atoms with van der Waals surface area (Å²) in [5.41, 5.74) is 3.31. The van der Waals surface area contributed by atoms with Gasteiger partial charge in [-0.25, -0.2) is 0 Å². The average Bonchev–Trinajstić information content (AvgIpc) is 2.95. The number of nitrogens with zero attached hydrogens (tertiary/aromatic N) is 1. The molecule has 0 aromatic heterocycles. The second kappa shape index (κ2) is 7.46. The van der Waals surface area contributed by atoms with Gasteiger partial charge in [-0.1, -0.05) is 44.0 Å². The lowest BCUT2D eigenvalue weighted by Gasteiger charge is -2.35. The van der Waals surface area contributed by atoms with E-state index >= 15 is 0 Å². The zero-order valence-corrected chi connectivity index (χ0v) is 20.6. The molecule has 2 aromatic rings. The van der Waals surface area contributed by atoms with Gasteiger partial charge in [0.25, 0.3) is 0 Å². The fraction of sp³-hybridized carbons (Fsp3) is 0.391. The molecule has 5 nitrogen and oxygen atoms in total. The Morgan fingerprint density at radius 2 is 1.53 bits per heavy atom. The van der Waals surface area contributed by atoms with Crippen LogP contribution in [-0.4, -0.2) is 31.1 Å². The number of carbonyl (C=O) groups is 2. The lowest BCUT2D eigenvalue weighted by Crippen LogP contribution is -2.52. The summed E-state index contributed by atoms with van der Waals surface area (Å²) in [6, 6.07) is 12.1. The predicted octanol–water partition coefficient (Wildman–Crippen LogP) is 5.15. The van der Waals surface area contributed by atoms with Crippen molar-refractivity contribution in [1.29, 1.82) is 0 Å². The molecule has 0 atom stereocenters. The summed E-state index contributed by atoms with van der Waals surface area (Å²) in [4.78, 5) is 25.9. The lowest BCUT2D eigenvalue weighted by atomic mass is 9.86. The zero-order valence-electron chi connectivity index (χ0n) is 17.4. The van der Waals surface area contributed by atoms with E-state index in [2.05, 4.69) is 37.2 Å². The number of carbonyl (C=O) groups excluding carboxylic acids is 2. The number of hydrogen-bond donors (Lipinski definition) is 1. The first-order valence-corrected chi connectivity index (χ1v) is 11.4. The minimum Gasteiger partial charge on any atom is -0.377 e. The number of amides is 2. The molecule has 1 fully saturated rings. The highest BCUT2D eigenvalue weighted by molar-refractivity contribution is 9.10. The molecule has 0 bridgehead atoms. The number of rotatable bonds is 1. The fourth-order valence-electron chi connectivity index (χ4n) is 4.06. The maximum Gasteiger partial charge on any atom is 0.237 e. The number of hydrogen-bond acceptors (Lipinski definition) is 3. The van der Waals surface area contributed by atoms with Crippen molar-refractivity contribution >= 4 is 55.0 Å². The van der Waals surface area contributed by atoms with Crippen molar-refractivity contribution in [2.24, 2.45) is 0 Å². The molecular formula is C23H24Br2N2O3. The molecule has 5 rings (SSSR count). The van der Waals surface area contributed by atoms with E-state index in [4.69, 9.17) is 4.74 Å². The molecule has 3 heterocycles. The van der Waals surface area contributed by atoms with Gasteiger partial charge in [-0.05, 0) is 63.1 Å². The van der Waals surface area contributed by atoms with E-state index < -0.39 is 10.8 Å². The third-order valence-corrected chi connectivity index (χ3v) is 7.09. The fourth-order valence-corrected chi connectivity index (χ4v) is 4.77. The first-order chi connectivity index (χ1) is 14.0. The van der Waals surface area contributed by atoms with E-state index in [-0.39, 0.29) is 17.9 Å². The minimum atomic E-state index is -0.425. The van der Waals surface area contributed by atoms with Gasteiger partial charge in [0.1, 0.15) is 0 Å². The van der Waals surface area contributed by atoms with Crippen LogP contribution >= 0.6 is 31.9 Å². The maximum absolute atomic E-state index is 12.5. The largest absolute Gasteiger partial charge is 0.377 e. The van der Waals surface area contributed by atoms with E-state index in [0.717, 1.165) is 31.4 Å². The number of benzene rings is 2. The Kier molecular flexibility index (Phi) is 5.36. The molecule has 7 heteroatoms. The SMILES string of the molecule is CC1(C)C(=O)N(C2COC2)c2cc(Br)ccc21.CC1(C)C(=O)Nc2cc(Br)ccc21. The van der Waals surface area contributed by atoms with Gasteiger partial charge in [-0.15, -0.1) is 0 Å². The third-order valence-electron chi connectivity index (χ3n) is 6.10. The van der Waals surface area contributed by atoms with Crippen LogP contribution in [0, 0.1) is 0 Å². The molecule has 3 aliphatic heterocycles. The third kappa shape index (κ3) is 3.41. The molecule has 2 amide bonds. The van der Waals surface area contributed by atoms with Gasteiger partial charge in [0.15, 0.2) is 0 Å². The molecule has 0 aliphatic carbocycles. The number of halogens is 2. The van der Waals surface area contributed by atoms with Crippen LogP contribution in [-0.2, 0) is 25.2 Å². The van der Waals surface area contributed by atoms with Gasteiger partial charge in [0.05, 0.1) is 30.1 Å². The highest BCUT2D eigenvalue weighted by Crippen LogP contribution is 2.44.